The molecule has 60 heavy (non-hydrogen) atoms. The van der Waals surface area contributed by atoms with Crippen LogP contribution in [0.15, 0.2) is 124 Å². The van der Waals surface area contributed by atoms with Crippen molar-refractivity contribution >= 4 is 95.3 Å². The van der Waals surface area contributed by atoms with E-state index in [1.807, 2.05) is 6.07 Å². The minimum absolute atomic E-state index is 0.00632. The molecule has 1 N–H and O–H groups in total. The topological polar surface area (TPSA) is 43.2 Å². The third-order valence-electron chi connectivity index (χ3n) is 13.0. The van der Waals surface area contributed by atoms with Gasteiger partial charge >= 0.3 is 0 Å². The molecule has 7 aromatic carbocycles. The number of aromatic nitrogens is 1. The molecule has 0 fully saturated rings. The molecule has 0 bridgehead atoms. The number of nitrogens with zero attached hydrogens (tertiary/aromatic N) is 1. The van der Waals surface area contributed by atoms with Crippen LogP contribution in [0.4, 0.5) is 11.4 Å². The van der Waals surface area contributed by atoms with E-state index in [2.05, 4.69) is 196 Å². The number of hydrogen-bond acceptors (Lipinski definition) is 3. The van der Waals surface area contributed by atoms with Crippen LogP contribution in [-0.2, 0) is 16.2 Å². The molecule has 4 nitrogen and oxygen atoms in total. The first-order valence-corrected chi connectivity index (χ1v) is 21.3. The van der Waals surface area contributed by atoms with E-state index in [1.54, 1.807) is 0 Å². The molecule has 1 aliphatic rings. The highest BCUT2D eigenvalue weighted by atomic mass is 16.3. The second kappa shape index (κ2) is 12.4. The zero-order chi connectivity index (χ0) is 41.6. The maximum Gasteiger partial charge on any atom is 0.197 e. The largest absolute Gasteiger partial charge is 0.456 e. The molecule has 1 radical (unpaired) electrons. The first-order valence-electron chi connectivity index (χ1n) is 21.3. The number of anilines is 2. The molecular formula is C55H50BN2O2. The number of rotatable bonds is 3. The second-order valence-electron chi connectivity index (χ2n) is 20.3. The van der Waals surface area contributed by atoms with Crippen molar-refractivity contribution in [1.29, 1.82) is 0 Å². The highest BCUT2D eigenvalue weighted by Gasteiger charge is 2.30. The van der Waals surface area contributed by atoms with Crippen LogP contribution in [0.3, 0.4) is 0 Å². The van der Waals surface area contributed by atoms with E-state index in [0.29, 0.717) is 0 Å². The van der Waals surface area contributed by atoms with Gasteiger partial charge in [-0.05, 0) is 98.9 Å². The van der Waals surface area contributed by atoms with Gasteiger partial charge in [-0.3, -0.25) is 0 Å². The van der Waals surface area contributed by atoms with Gasteiger partial charge in [0.15, 0.2) is 7.28 Å². The average molecular weight is 782 g/mol. The van der Waals surface area contributed by atoms with Crippen molar-refractivity contribution in [2.45, 2.75) is 85.5 Å². The van der Waals surface area contributed by atoms with Gasteiger partial charge in [0.2, 0.25) is 0 Å². The molecule has 11 rings (SSSR count). The lowest BCUT2D eigenvalue weighted by Crippen LogP contribution is -2.38. The molecular weight excluding hydrogens is 731 g/mol. The molecule has 0 aliphatic carbocycles. The summed E-state index contributed by atoms with van der Waals surface area (Å²) in [6, 6.07) is 42.7. The van der Waals surface area contributed by atoms with Crippen LogP contribution >= 0.6 is 0 Å². The van der Waals surface area contributed by atoms with Crippen molar-refractivity contribution < 1.29 is 8.83 Å². The summed E-state index contributed by atoms with van der Waals surface area (Å²) in [5, 5.41) is 10.9. The van der Waals surface area contributed by atoms with Gasteiger partial charge in [-0.1, -0.05) is 128 Å². The van der Waals surface area contributed by atoms with Crippen molar-refractivity contribution in [3.63, 3.8) is 0 Å². The zero-order valence-corrected chi connectivity index (χ0v) is 36.3. The number of aryl methyl sites for hydroxylation is 1. The van der Waals surface area contributed by atoms with Gasteiger partial charge in [0, 0.05) is 66.9 Å². The van der Waals surface area contributed by atoms with Gasteiger partial charge in [0.1, 0.15) is 22.3 Å². The van der Waals surface area contributed by atoms with Crippen LogP contribution in [0.1, 0.15) is 84.6 Å². The van der Waals surface area contributed by atoms with Crippen molar-refractivity contribution in [3.8, 4) is 16.8 Å². The molecule has 1 aliphatic heterocycles. The zero-order valence-electron chi connectivity index (χ0n) is 36.3. The second-order valence-corrected chi connectivity index (χ2v) is 20.3. The summed E-state index contributed by atoms with van der Waals surface area (Å²) >= 11 is 0. The van der Waals surface area contributed by atoms with Crippen LogP contribution in [-0.4, -0.2) is 11.8 Å². The average Bonchev–Trinajstić information content (AvgIpc) is 3.86. The summed E-state index contributed by atoms with van der Waals surface area (Å²) < 4.78 is 15.8. The number of nitrogens with one attached hydrogen (secondary N) is 1. The predicted octanol–water partition coefficient (Wildman–Crippen LogP) is 14.2. The Bertz CT molecular complexity index is 3430. The fraction of sp³-hybridized carbons (Fsp3) is 0.236. The molecule has 0 saturated carbocycles. The van der Waals surface area contributed by atoms with E-state index in [0.717, 1.165) is 66.3 Å². The van der Waals surface area contributed by atoms with Gasteiger partial charge in [0.25, 0.3) is 0 Å². The van der Waals surface area contributed by atoms with E-state index in [-0.39, 0.29) is 16.2 Å². The first-order chi connectivity index (χ1) is 28.5. The normalized spacial score (nSPS) is 13.3. The van der Waals surface area contributed by atoms with E-state index in [4.69, 9.17) is 8.83 Å². The number of fused-ring (bicyclic) bond motifs is 11. The number of furan rings is 2. The SMILES string of the molecule is Cc1cc(-c2cc3c(cc2Nc2ccc(C(C)(C)C)cc2)oc2cc(C(C)(C)C)ccc23)c2c3c1c1cc4c(cc1n3-c1ccc(C(C)(C)C)cc1[B]2)oc1ccccc14. The Balaban J connectivity index is 1.22. The minimum atomic E-state index is -0.00632. The summed E-state index contributed by atoms with van der Waals surface area (Å²) in [6.07, 6.45) is 0. The molecule has 0 saturated heterocycles. The standard InChI is InChI=1S/C55H50BN2O2/c1-30-23-40(37-26-38-36-21-17-33(55(8,9)10)25-47(36)60-48(38)28-43(37)57-34-19-15-31(16-20-34)53(2,3)4)51-52-50(30)41-27-39-35-13-11-12-14-46(35)59-49(39)29-45(41)58(52)44-22-18-32(54(5,6)7)24-42(44)56-51/h11-29,57H,1-10H3. The van der Waals surface area contributed by atoms with Crippen molar-refractivity contribution in [2.75, 3.05) is 5.32 Å². The molecule has 4 heterocycles. The number of benzene rings is 7. The summed E-state index contributed by atoms with van der Waals surface area (Å²) in [5.74, 6) is 0. The van der Waals surface area contributed by atoms with E-state index >= 15 is 0 Å². The van der Waals surface area contributed by atoms with E-state index < -0.39 is 0 Å². The summed E-state index contributed by atoms with van der Waals surface area (Å²) in [5.41, 5.74) is 19.1. The number of para-hydroxylation sites is 1. The third-order valence-corrected chi connectivity index (χ3v) is 13.0. The molecule has 0 atom stereocenters. The predicted molar refractivity (Wildman–Crippen MR) is 256 cm³/mol. The smallest absolute Gasteiger partial charge is 0.197 e. The Labute approximate surface area is 352 Å². The lowest BCUT2D eigenvalue weighted by atomic mass is 9.58. The maximum absolute atomic E-state index is 6.73. The lowest BCUT2D eigenvalue weighted by Gasteiger charge is -2.27. The van der Waals surface area contributed by atoms with Crippen LogP contribution in [0.25, 0.3) is 82.5 Å². The summed E-state index contributed by atoms with van der Waals surface area (Å²) in [6.45, 7) is 22.7. The lowest BCUT2D eigenvalue weighted by molar-refractivity contribution is 0.587. The van der Waals surface area contributed by atoms with Gasteiger partial charge < -0.3 is 18.7 Å². The van der Waals surface area contributed by atoms with Gasteiger partial charge in [-0.25, -0.2) is 0 Å². The fourth-order valence-electron chi connectivity index (χ4n) is 9.59. The van der Waals surface area contributed by atoms with Gasteiger partial charge in [-0.15, -0.1) is 0 Å². The van der Waals surface area contributed by atoms with Crippen LogP contribution in [0.2, 0.25) is 0 Å². The van der Waals surface area contributed by atoms with Crippen molar-refractivity contribution in [2.24, 2.45) is 0 Å². The monoisotopic (exact) mass is 781 g/mol. The first kappa shape index (κ1) is 36.9. The molecule has 0 amide bonds. The number of hydrogen-bond donors (Lipinski definition) is 1. The maximum atomic E-state index is 6.73. The fourth-order valence-corrected chi connectivity index (χ4v) is 9.59. The molecule has 3 aromatic heterocycles. The molecule has 0 spiro atoms. The molecule has 5 heteroatoms. The highest BCUT2D eigenvalue weighted by molar-refractivity contribution is 6.73. The highest BCUT2D eigenvalue weighted by Crippen LogP contribution is 2.45. The Morgan fingerprint density at radius 3 is 1.88 bits per heavy atom. The molecule has 295 valence electrons. The van der Waals surface area contributed by atoms with E-state index in [1.165, 1.54) is 60.7 Å². The van der Waals surface area contributed by atoms with Gasteiger partial charge in [0.05, 0.1) is 11.2 Å². The Morgan fingerprint density at radius 1 is 0.517 bits per heavy atom. The molecule has 10 aromatic rings. The Morgan fingerprint density at radius 2 is 1.13 bits per heavy atom. The molecule has 0 unspecified atom stereocenters. The van der Waals surface area contributed by atoms with Crippen LogP contribution < -0.4 is 16.2 Å². The third kappa shape index (κ3) is 5.58. The van der Waals surface area contributed by atoms with Crippen LogP contribution in [0, 0.1) is 6.92 Å². The Kier molecular flexibility index (Phi) is 7.63. The summed E-state index contributed by atoms with van der Waals surface area (Å²) in [4.78, 5) is 0. The van der Waals surface area contributed by atoms with Crippen molar-refractivity contribution in [1.82, 2.24) is 4.57 Å². The van der Waals surface area contributed by atoms with Crippen LogP contribution in [0.5, 0.6) is 0 Å². The van der Waals surface area contributed by atoms with Gasteiger partial charge in [-0.2, -0.15) is 0 Å². The van der Waals surface area contributed by atoms with Crippen molar-refractivity contribution in [3.05, 3.63) is 138 Å². The quantitative estimate of drug-likeness (QED) is 0.182. The summed E-state index contributed by atoms with van der Waals surface area (Å²) in [7, 11) is 2.44. The Hall–Kier alpha value is -6.20. The minimum Gasteiger partial charge on any atom is -0.456 e. The van der Waals surface area contributed by atoms with E-state index in [9.17, 15) is 0 Å².